The van der Waals surface area contributed by atoms with E-state index >= 15 is 0 Å². The van der Waals surface area contributed by atoms with Gasteiger partial charge in [-0.25, -0.2) is 28.1 Å². The molecule has 87 heavy (non-hydrogen) atoms. The predicted octanol–water partition coefficient (Wildman–Crippen LogP) is 3.88. The highest BCUT2D eigenvalue weighted by atomic mass is 33.1. The summed E-state index contributed by atoms with van der Waals surface area (Å²) < 4.78 is 141. The molecule has 2 aliphatic heterocycles. The van der Waals surface area contributed by atoms with E-state index < -0.39 is 137 Å². The molecule has 0 bridgehead atoms. The van der Waals surface area contributed by atoms with Crippen LogP contribution in [-0.4, -0.2) is 142 Å². The average molecular weight is 1360 g/mol. The summed E-state index contributed by atoms with van der Waals surface area (Å²) in [5.74, 6) is 2.81. The number of fused-ring (bicyclic) bond motifs is 2. The minimum atomic E-state index is -5.85. The number of ether oxygens (including phenoxy) is 3. The summed E-state index contributed by atoms with van der Waals surface area (Å²) in [5, 5.41) is 28.6. The first-order valence-electron chi connectivity index (χ1n) is 24.6. The number of phosphoric ester groups is 1. The topological polar surface area (TPSA) is 576 Å². The summed E-state index contributed by atoms with van der Waals surface area (Å²) in [6, 6.07) is 7.36. The Morgan fingerprint density at radius 1 is 0.920 bits per heavy atom. The summed E-state index contributed by atoms with van der Waals surface area (Å²) in [4.78, 5) is 92.5. The first-order valence-corrected chi connectivity index (χ1v) is 34.4. The van der Waals surface area contributed by atoms with Crippen molar-refractivity contribution < 1.29 is 110 Å². The number of carboxylic acid groups (broad SMARTS) is 1. The van der Waals surface area contributed by atoms with E-state index in [4.69, 9.17) is 55.3 Å². The third-order valence-electron chi connectivity index (χ3n) is 11.8. The lowest BCUT2D eigenvalue weighted by Gasteiger charge is -2.36. The molecule has 43 heteroatoms. The number of hydrogen-bond donors (Lipinski definition) is 13. The molecule has 1 saturated heterocycles. The lowest BCUT2D eigenvalue weighted by Crippen LogP contribution is -2.44. The van der Waals surface area contributed by atoms with Crippen LogP contribution >= 0.6 is 45.1 Å². The number of carboxylic acids is 1. The van der Waals surface area contributed by atoms with Crippen LogP contribution in [0.4, 0.5) is 16.3 Å². The first-order chi connectivity index (χ1) is 40.8. The minimum absolute atomic E-state index is 0.0175. The fourth-order valence-corrected chi connectivity index (χ4v) is 14.3. The summed E-state index contributed by atoms with van der Waals surface area (Å²) >= 11 is 0. The molecule has 5 atom stereocenters. The summed E-state index contributed by atoms with van der Waals surface area (Å²) in [5.41, 5.74) is 17.1. The largest absolute Gasteiger partial charge is 0.490 e. The molecule has 1 fully saturated rings. The van der Waals surface area contributed by atoms with Crippen LogP contribution in [0.2, 0.25) is 0 Å². The SMILES string of the molecule is [N-]=[N+]=NCOC1CC[C@H](n2cc(C#CCNC(=O)NCCCCCOCSSCCNC(=O)c3ccc(C(=O)O)c(-c4c5ccc(=N)c(S(=O)(=O)O)c-5oc5c(S(=O)(=O)O)c(N)ccc45)c3)c(N)nc2=O)O[C@@H]1COP(=O)(O)OP(=O)(O)OP(=O)(O)O. The van der Waals surface area contributed by atoms with Crippen LogP contribution in [0.25, 0.3) is 43.9 Å². The van der Waals surface area contributed by atoms with E-state index in [0.29, 0.717) is 44.1 Å². The Kier molecular flexibility index (Phi) is 24.1. The van der Waals surface area contributed by atoms with E-state index in [1.807, 2.05) is 0 Å². The lowest BCUT2D eigenvalue weighted by molar-refractivity contribution is -0.174. The van der Waals surface area contributed by atoms with Crippen molar-refractivity contribution in [2.75, 3.05) is 62.7 Å². The quantitative estimate of drug-likeness (QED) is 0.00276. The van der Waals surface area contributed by atoms with Crippen LogP contribution in [0.15, 0.2) is 72.8 Å². The summed E-state index contributed by atoms with van der Waals surface area (Å²) in [6.45, 7) is -0.857. The van der Waals surface area contributed by atoms with Crippen molar-refractivity contribution in [3.05, 3.63) is 91.6 Å². The first kappa shape index (κ1) is 69.6. The zero-order valence-electron chi connectivity index (χ0n) is 44.4. The molecule has 3 heterocycles. The molecule has 15 N–H and O–H groups in total. The van der Waals surface area contributed by atoms with Crippen LogP contribution in [0.3, 0.4) is 0 Å². The number of nitrogens with zero attached hydrogens (tertiary/aromatic N) is 5. The highest BCUT2D eigenvalue weighted by molar-refractivity contribution is 8.76. The number of aromatic carboxylic acids is 1. The standard InChI is InChI=1S/C44H52N11O25P3S4/c45-30-10-8-27-35(28-9-11-31(46)39(87(71,72)73)37(28)78-36(27)38(30)86(68,69)70)29-19-24(6-7-26(29)42(57)58)41(56)49-16-18-84-85-23-74-17-3-1-2-14-50-43(59)51-15-4-5-25-20-55(44(60)53-40(25)47)34-13-12-32(75-22-52-54-48)33(77-34)21-76-82(64,65)80-83(66,67)79-81(61,62)63/h6-11,19-20,32-34,45H,1-3,12-18,21-23,46H2,(H,49,56)(H,57,58)(H,64,65)(H,66,67)(H2,47,53,60)(H2,50,51,59)(H2,61,62,63)(H,68,69,70)(H,71,72,73)/t32?,33-,34-/m1/s1. The molecule has 36 nitrogen and oxygen atoms in total. The van der Waals surface area contributed by atoms with Gasteiger partial charge >= 0.3 is 41.2 Å². The number of anilines is 2. The molecule has 1 aliphatic carbocycles. The zero-order valence-corrected chi connectivity index (χ0v) is 50.3. The second-order valence-electron chi connectivity index (χ2n) is 17.8. The molecule has 3 aromatic rings. The van der Waals surface area contributed by atoms with Gasteiger partial charge in [-0.05, 0) is 85.7 Å². The Morgan fingerprint density at radius 2 is 1.66 bits per heavy atom. The predicted molar refractivity (Wildman–Crippen MR) is 305 cm³/mol. The normalized spacial score (nSPS) is 16.8. The van der Waals surface area contributed by atoms with E-state index in [1.165, 1.54) is 52.1 Å². The molecule has 3 unspecified atom stereocenters. The monoisotopic (exact) mass is 1360 g/mol. The Hall–Kier alpha value is -6.50. The number of nitrogens with one attached hydrogen (secondary N) is 4. The van der Waals surface area contributed by atoms with Crippen molar-refractivity contribution in [1.29, 1.82) is 5.41 Å². The minimum Gasteiger partial charge on any atom is -0.478 e. The van der Waals surface area contributed by atoms with Crippen molar-refractivity contribution in [2.45, 2.75) is 60.3 Å². The van der Waals surface area contributed by atoms with Gasteiger partial charge in [0.2, 0.25) is 0 Å². The Balaban J connectivity index is 0.918. The molecular formula is C44H52N11O25P3S4. The molecule has 472 valence electrons. The number of unbranched alkanes of at least 4 members (excludes halogenated alkanes) is 2. The second kappa shape index (κ2) is 30.1. The van der Waals surface area contributed by atoms with Crippen molar-refractivity contribution in [3.8, 4) is 34.3 Å². The molecule has 0 radical (unpaired) electrons. The summed E-state index contributed by atoms with van der Waals surface area (Å²) in [6.07, 6.45) is -0.459. The highest BCUT2D eigenvalue weighted by Crippen LogP contribution is 2.66. The Bertz CT molecular complexity index is 4030. The van der Waals surface area contributed by atoms with Gasteiger partial charge in [-0.2, -0.15) is 30.4 Å². The summed E-state index contributed by atoms with van der Waals surface area (Å²) in [7, 11) is -24.9. The van der Waals surface area contributed by atoms with Crippen LogP contribution in [0, 0.1) is 17.3 Å². The van der Waals surface area contributed by atoms with Gasteiger partial charge in [0.1, 0.15) is 30.8 Å². The molecule has 0 spiro atoms. The second-order valence-corrected chi connectivity index (χ2v) is 27.4. The van der Waals surface area contributed by atoms with E-state index in [0.717, 1.165) is 22.8 Å². The number of azide groups is 1. The highest BCUT2D eigenvalue weighted by Gasteiger charge is 2.43. The van der Waals surface area contributed by atoms with Gasteiger partial charge in [0.05, 0.1) is 41.4 Å². The fourth-order valence-electron chi connectivity index (χ4n) is 8.21. The smallest absolute Gasteiger partial charge is 0.478 e. The number of rotatable bonds is 29. The van der Waals surface area contributed by atoms with Gasteiger partial charge in [-0.15, -0.1) is 0 Å². The van der Waals surface area contributed by atoms with Crippen molar-refractivity contribution >= 4 is 106 Å². The number of hydrogen-bond acceptors (Lipinski definition) is 25. The van der Waals surface area contributed by atoms with Crippen LogP contribution in [-0.2, 0) is 61.3 Å². The van der Waals surface area contributed by atoms with Crippen LogP contribution in [0.1, 0.15) is 64.6 Å². The maximum absolute atomic E-state index is 13.4. The number of aromatic nitrogens is 2. The van der Waals surface area contributed by atoms with Gasteiger partial charge < -0.3 is 70.7 Å². The third-order valence-corrected chi connectivity index (χ3v) is 19.5. The van der Waals surface area contributed by atoms with Gasteiger partial charge in [-0.1, -0.05) is 38.5 Å². The molecule has 0 saturated carbocycles. The number of carbonyl (C=O) groups is 3. The lowest BCUT2D eigenvalue weighted by atomic mass is 9.89. The number of amides is 3. The molecular weight excluding hydrogens is 1300 g/mol. The number of phosphoric acid groups is 3. The van der Waals surface area contributed by atoms with Crippen molar-refractivity contribution in [1.82, 2.24) is 25.5 Å². The number of nitrogens with two attached hydrogens (primary N) is 2. The molecule has 2 aromatic carbocycles. The fraction of sp³-hybridized carbons (Fsp3) is 0.364. The maximum Gasteiger partial charge on any atom is 0.490 e. The van der Waals surface area contributed by atoms with Gasteiger partial charge in [0, 0.05) is 58.6 Å². The zero-order chi connectivity index (χ0) is 64.1. The molecule has 3 aliphatic rings. The number of nitrogen functional groups attached to an aromatic ring is 2. The van der Waals surface area contributed by atoms with E-state index in [-0.39, 0.29) is 65.0 Å². The van der Waals surface area contributed by atoms with Crippen LogP contribution < -0.4 is 38.5 Å². The molecule has 3 amide bonds. The Labute approximate surface area is 498 Å². The van der Waals surface area contributed by atoms with E-state index in [1.54, 1.807) is 0 Å². The maximum atomic E-state index is 13.4. The third kappa shape index (κ3) is 19.7. The van der Waals surface area contributed by atoms with Crippen LogP contribution in [0.5, 0.6) is 0 Å². The molecule has 1 aromatic heterocycles. The van der Waals surface area contributed by atoms with Gasteiger partial charge in [0.25, 0.3) is 26.1 Å². The van der Waals surface area contributed by atoms with E-state index in [9.17, 15) is 73.7 Å². The van der Waals surface area contributed by atoms with Crippen molar-refractivity contribution in [3.63, 3.8) is 0 Å². The van der Waals surface area contributed by atoms with Gasteiger partial charge in [-0.3, -0.25) is 28.4 Å². The van der Waals surface area contributed by atoms with E-state index in [2.05, 4.69) is 51.4 Å². The number of carbonyl (C=O) groups excluding carboxylic acids is 2. The van der Waals surface area contributed by atoms with Crippen molar-refractivity contribution in [2.24, 2.45) is 5.11 Å². The number of urea groups is 1. The van der Waals surface area contributed by atoms with Gasteiger partial charge in [0.15, 0.2) is 21.1 Å². The molecule has 6 rings (SSSR count). The average Bonchev–Trinajstić information content (AvgIpc) is 0.730. The Morgan fingerprint density at radius 3 is 2.34 bits per heavy atom. The number of benzene rings is 3.